The fourth-order valence-electron chi connectivity index (χ4n) is 2.14. The van der Waals surface area contributed by atoms with Gasteiger partial charge in [-0.3, -0.25) is 0 Å². The number of hydrogen-bond acceptors (Lipinski definition) is 3. The lowest BCUT2D eigenvalue weighted by molar-refractivity contribution is -0.127. The molecule has 0 N–H and O–H groups in total. The number of aromatic nitrogens is 1. The summed E-state index contributed by atoms with van der Waals surface area (Å²) in [5.41, 5.74) is 0.885. The van der Waals surface area contributed by atoms with Crippen molar-refractivity contribution in [3.63, 3.8) is 0 Å². The summed E-state index contributed by atoms with van der Waals surface area (Å²) in [7, 11) is 0. The maximum Gasteiger partial charge on any atom is 0.236 e. The molecule has 0 aliphatic carbocycles. The lowest BCUT2D eigenvalue weighted by Crippen LogP contribution is -2.66. The van der Waals surface area contributed by atoms with E-state index < -0.39 is 5.95 Å². The minimum absolute atomic E-state index is 0.300. The van der Waals surface area contributed by atoms with Crippen LogP contribution >= 0.6 is 15.9 Å². The Hall–Kier alpha value is -0.680. The van der Waals surface area contributed by atoms with Gasteiger partial charge >= 0.3 is 0 Å². The first-order chi connectivity index (χ1) is 7.19. The summed E-state index contributed by atoms with van der Waals surface area (Å²) in [5, 5.41) is 0. The molecule has 2 aliphatic rings. The first kappa shape index (κ1) is 9.54. The van der Waals surface area contributed by atoms with Gasteiger partial charge in [-0.05, 0) is 22.0 Å². The molecule has 80 valence electrons. The summed E-state index contributed by atoms with van der Waals surface area (Å²) in [4.78, 5) is 5.70. The lowest BCUT2D eigenvalue weighted by atomic mass is 9.78. The fraction of sp³-hybridized carbons (Fsp3) is 0.500. The van der Waals surface area contributed by atoms with E-state index in [1.807, 2.05) is 4.90 Å². The molecule has 2 fully saturated rings. The average Bonchev–Trinajstić information content (AvgIpc) is 2.06. The maximum absolute atomic E-state index is 13.4. The van der Waals surface area contributed by atoms with Crippen LogP contribution in [-0.2, 0) is 4.74 Å². The fourth-order valence-corrected chi connectivity index (χ4v) is 2.46. The molecule has 1 aromatic heterocycles. The van der Waals surface area contributed by atoms with Gasteiger partial charge in [-0.1, -0.05) is 0 Å². The second kappa shape index (κ2) is 3.15. The van der Waals surface area contributed by atoms with Crippen molar-refractivity contribution in [3.05, 3.63) is 22.7 Å². The maximum atomic E-state index is 13.4. The number of pyridine rings is 1. The highest BCUT2D eigenvalue weighted by molar-refractivity contribution is 9.10. The first-order valence-corrected chi connectivity index (χ1v) is 5.62. The van der Waals surface area contributed by atoms with Crippen LogP contribution in [0.15, 0.2) is 16.7 Å². The van der Waals surface area contributed by atoms with Crippen molar-refractivity contribution in [2.24, 2.45) is 5.41 Å². The minimum Gasteiger partial charge on any atom is -0.380 e. The highest BCUT2D eigenvalue weighted by atomic mass is 79.9. The van der Waals surface area contributed by atoms with E-state index in [0.29, 0.717) is 11.1 Å². The molecular formula is C10H10BrFN2O. The van der Waals surface area contributed by atoms with Gasteiger partial charge in [-0.25, -0.2) is 4.98 Å². The average molecular weight is 273 g/mol. The van der Waals surface area contributed by atoms with Crippen molar-refractivity contribution in [1.29, 1.82) is 0 Å². The number of anilines is 1. The summed E-state index contributed by atoms with van der Waals surface area (Å²) >= 11 is 3.30. The predicted molar refractivity (Wildman–Crippen MR) is 57.4 cm³/mol. The summed E-state index contributed by atoms with van der Waals surface area (Å²) in [5.74, 6) is -0.395. The molecule has 0 bridgehead atoms. The Bertz CT molecular complexity index is 400. The number of ether oxygens (including phenoxy) is 1. The van der Waals surface area contributed by atoms with Gasteiger partial charge in [-0.15, -0.1) is 0 Å². The third-order valence-electron chi connectivity index (χ3n) is 3.00. The molecule has 3 nitrogen and oxygen atoms in total. The van der Waals surface area contributed by atoms with Crippen molar-refractivity contribution in [1.82, 2.24) is 4.98 Å². The summed E-state index contributed by atoms with van der Waals surface area (Å²) in [6, 6.07) is 1.77. The molecule has 0 amide bonds. The number of hydrogen-bond donors (Lipinski definition) is 0. The summed E-state index contributed by atoms with van der Waals surface area (Å²) in [6.07, 6.45) is 1.47. The third-order valence-corrected chi connectivity index (χ3v) is 3.43. The molecule has 1 aromatic rings. The molecule has 0 unspecified atom stereocenters. The zero-order valence-electron chi connectivity index (χ0n) is 8.04. The summed E-state index contributed by atoms with van der Waals surface area (Å²) < 4.78 is 19.4. The molecule has 1 spiro atoms. The second-order valence-corrected chi connectivity index (χ2v) is 5.23. The number of halogens is 2. The van der Waals surface area contributed by atoms with E-state index in [1.165, 1.54) is 6.20 Å². The molecule has 15 heavy (non-hydrogen) atoms. The number of rotatable bonds is 1. The minimum atomic E-state index is -0.395. The van der Waals surface area contributed by atoms with Crippen LogP contribution in [0.5, 0.6) is 0 Å². The van der Waals surface area contributed by atoms with Crippen molar-refractivity contribution >= 4 is 21.6 Å². The molecule has 3 heterocycles. The van der Waals surface area contributed by atoms with Gasteiger partial charge in [0.1, 0.15) is 0 Å². The van der Waals surface area contributed by atoms with Crippen LogP contribution in [0, 0.1) is 11.4 Å². The Morgan fingerprint density at radius 1 is 1.47 bits per heavy atom. The molecule has 0 radical (unpaired) electrons. The van der Waals surface area contributed by atoms with E-state index in [-0.39, 0.29) is 0 Å². The van der Waals surface area contributed by atoms with Gasteiger partial charge in [0, 0.05) is 23.8 Å². The highest BCUT2D eigenvalue weighted by Crippen LogP contribution is 2.41. The van der Waals surface area contributed by atoms with E-state index in [2.05, 4.69) is 20.9 Å². The van der Waals surface area contributed by atoms with Crippen LogP contribution in [0.1, 0.15) is 0 Å². The Morgan fingerprint density at radius 3 is 2.80 bits per heavy atom. The SMILES string of the molecule is Fc1ncc(Br)cc1N1CC2(COC2)C1. The van der Waals surface area contributed by atoms with Crippen molar-refractivity contribution in [2.45, 2.75) is 0 Å². The third kappa shape index (κ3) is 1.45. The zero-order valence-corrected chi connectivity index (χ0v) is 9.63. The van der Waals surface area contributed by atoms with Gasteiger partial charge in [0.05, 0.1) is 24.3 Å². The molecule has 3 rings (SSSR count). The van der Waals surface area contributed by atoms with Crippen LogP contribution in [0.25, 0.3) is 0 Å². The van der Waals surface area contributed by atoms with Crippen molar-refractivity contribution in [2.75, 3.05) is 31.2 Å². The topological polar surface area (TPSA) is 25.4 Å². The van der Waals surface area contributed by atoms with Crippen LogP contribution < -0.4 is 4.90 Å². The molecule has 0 saturated carbocycles. The van der Waals surface area contributed by atoms with Crippen LogP contribution in [0.2, 0.25) is 0 Å². The molecule has 5 heteroatoms. The summed E-state index contributed by atoms with van der Waals surface area (Å²) in [6.45, 7) is 3.38. The van der Waals surface area contributed by atoms with Gasteiger partial charge < -0.3 is 9.64 Å². The first-order valence-electron chi connectivity index (χ1n) is 4.82. The predicted octanol–water partition coefficient (Wildman–Crippen LogP) is 1.82. The van der Waals surface area contributed by atoms with E-state index in [9.17, 15) is 4.39 Å². The van der Waals surface area contributed by atoms with Gasteiger partial charge in [0.25, 0.3) is 0 Å². The highest BCUT2D eigenvalue weighted by Gasteiger charge is 2.49. The Labute approximate surface area is 95.4 Å². The monoisotopic (exact) mass is 272 g/mol. The Morgan fingerprint density at radius 2 is 2.20 bits per heavy atom. The van der Waals surface area contributed by atoms with Gasteiger partial charge in [-0.2, -0.15) is 4.39 Å². The number of nitrogens with zero attached hydrogens (tertiary/aromatic N) is 2. The van der Waals surface area contributed by atoms with E-state index >= 15 is 0 Å². The molecule has 2 saturated heterocycles. The van der Waals surface area contributed by atoms with Crippen molar-refractivity contribution < 1.29 is 9.13 Å². The Kier molecular flexibility index (Phi) is 2.01. The van der Waals surface area contributed by atoms with Crippen LogP contribution in [-0.4, -0.2) is 31.3 Å². The molecular weight excluding hydrogens is 263 g/mol. The van der Waals surface area contributed by atoms with Crippen molar-refractivity contribution in [3.8, 4) is 0 Å². The zero-order chi connectivity index (χ0) is 10.5. The second-order valence-electron chi connectivity index (χ2n) is 4.31. The standard InChI is InChI=1S/C10H10BrFN2O/c11-7-1-8(9(12)13-2-7)14-3-10(4-14)5-15-6-10/h1-2H,3-6H2. The smallest absolute Gasteiger partial charge is 0.236 e. The molecule has 0 atom stereocenters. The van der Waals surface area contributed by atoms with Gasteiger partial charge in [0.2, 0.25) is 5.95 Å². The van der Waals surface area contributed by atoms with Crippen LogP contribution in [0.4, 0.5) is 10.1 Å². The molecule has 2 aliphatic heterocycles. The largest absolute Gasteiger partial charge is 0.380 e. The quantitative estimate of drug-likeness (QED) is 0.730. The lowest BCUT2D eigenvalue weighted by Gasteiger charge is -2.55. The normalized spacial score (nSPS) is 22.4. The van der Waals surface area contributed by atoms with E-state index in [4.69, 9.17) is 4.74 Å². The molecule has 0 aromatic carbocycles. The van der Waals surface area contributed by atoms with Gasteiger partial charge in [0.15, 0.2) is 0 Å². The van der Waals surface area contributed by atoms with E-state index in [0.717, 1.165) is 30.8 Å². The Balaban J connectivity index is 1.80. The van der Waals surface area contributed by atoms with E-state index in [1.54, 1.807) is 6.07 Å². The van der Waals surface area contributed by atoms with Crippen LogP contribution in [0.3, 0.4) is 0 Å².